The van der Waals surface area contributed by atoms with Crippen LogP contribution >= 0.6 is 0 Å². The summed E-state index contributed by atoms with van der Waals surface area (Å²) in [6.07, 6.45) is 6.86. The zero-order chi connectivity index (χ0) is 7.73. The van der Waals surface area contributed by atoms with Gasteiger partial charge in [0.05, 0.1) is 0 Å². The minimum Gasteiger partial charge on any atom is -0.329 e. The van der Waals surface area contributed by atoms with E-state index in [1.165, 1.54) is 45.2 Å². The van der Waals surface area contributed by atoms with Crippen molar-refractivity contribution in [1.29, 1.82) is 0 Å². The highest BCUT2D eigenvalue weighted by Crippen LogP contribution is 2.36. The minimum atomic E-state index is 0.443. The van der Waals surface area contributed by atoms with E-state index in [9.17, 15) is 0 Å². The van der Waals surface area contributed by atoms with Crippen molar-refractivity contribution in [1.82, 2.24) is 4.90 Å². The molecule has 2 fully saturated rings. The van der Waals surface area contributed by atoms with Gasteiger partial charge in [-0.05, 0) is 38.8 Å². The highest BCUT2D eigenvalue weighted by atomic mass is 15.2. The Bertz CT molecular complexity index is 146. The fourth-order valence-electron chi connectivity index (χ4n) is 2.72. The van der Waals surface area contributed by atoms with Crippen LogP contribution < -0.4 is 5.73 Å². The summed E-state index contributed by atoms with van der Waals surface area (Å²) in [5, 5.41) is 0. The Hall–Kier alpha value is -0.0800. The Kier molecular flexibility index (Phi) is 1.90. The van der Waals surface area contributed by atoms with Crippen LogP contribution in [-0.4, -0.2) is 30.1 Å². The SMILES string of the molecule is NC[C@]12CCCCN1CCC2. The number of fused-ring (bicyclic) bond motifs is 1. The van der Waals surface area contributed by atoms with Gasteiger partial charge in [0.1, 0.15) is 0 Å². The molecule has 0 unspecified atom stereocenters. The third-order valence-corrected chi connectivity index (χ3v) is 3.44. The standard InChI is InChI=1S/C9H18N2/c10-8-9-4-1-2-6-11(9)7-3-5-9/h1-8,10H2/t9-/m1/s1. The van der Waals surface area contributed by atoms with Crippen LogP contribution in [0.2, 0.25) is 0 Å². The third-order valence-electron chi connectivity index (χ3n) is 3.44. The van der Waals surface area contributed by atoms with Gasteiger partial charge in [0.15, 0.2) is 0 Å². The zero-order valence-electron chi connectivity index (χ0n) is 7.18. The molecular formula is C9H18N2. The fourth-order valence-corrected chi connectivity index (χ4v) is 2.72. The van der Waals surface area contributed by atoms with Crippen molar-refractivity contribution in [2.24, 2.45) is 5.73 Å². The molecule has 2 heteroatoms. The van der Waals surface area contributed by atoms with Crippen molar-refractivity contribution in [2.75, 3.05) is 19.6 Å². The second-order valence-electron chi connectivity index (χ2n) is 3.98. The molecule has 0 aromatic rings. The van der Waals surface area contributed by atoms with Crippen LogP contribution in [0.5, 0.6) is 0 Å². The molecule has 0 saturated carbocycles. The van der Waals surface area contributed by atoms with Gasteiger partial charge in [-0.15, -0.1) is 0 Å². The summed E-state index contributed by atoms with van der Waals surface area (Å²) in [6, 6.07) is 0. The fraction of sp³-hybridized carbons (Fsp3) is 1.00. The van der Waals surface area contributed by atoms with E-state index < -0.39 is 0 Å². The lowest BCUT2D eigenvalue weighted by Gasteiger charge is -2.41. The molecule has 2 nitrogen and oxygen atoms in total. The summed E-state index contributed by atoms with van der Waals surface area (Å²) in [5.74, 6) is 0. The summed E-state index contributed by atoms with van der Waals surface area (Å²) >= 11 is 0. The topological polar surface area (TPSA) is 29.3 Å². The number of nitrogens with two attached hydrogens (primary N) is 1. The summed E-state index contributed by atoms with van der Waals surface area (Å²) in [7, 11) is 0. The predicted molar refractivity (Wildman–Crippen MR) is 46.4 cm³/mol. The largest absolute Gasteiger partial charge is 0.329 e. The Morgan fingerprint density at radius 2 is 1.82 bits per heavy atom. The summed E-state index contributed by atoms with van der Waals surface area (Å²) in [6.45, 7) is 3.49. The van der Waals surface area contributed by atoms with Gasteiger partial charge in [-0.25, -0.2) is 0 Å². The van der Waals surface area contributed by atoms with E-state index >= 15 is 0 Å². The van der Waals surface area contributed by atoms with Crippen LogP contribution in [0.4, 0.5) is 0 Å². The minimum absolute atomic E-state index is 0.443. The maximum absolute atomic E-state index is 5.84. The Morgan fingerprint density at radius 3 is 2.55 bits per heavy atom. The number of hydrogen-bond acceptors (Lipinski definition) is 2. The monoisotopic (exact) mass is 154 g/mol. The van der Waals surface area contributed by atoms with Crippen LogP contribution in [0.25, 0.3) is 0 Å². The third kappa shape index (κ3) is 1.09. The van der Waals surface area contributed by atoms with E-state index in [1.807, 2.05) is 0 Å². The number of nitrogens with zero attached hydrogens (tertiary/aromatic N) is 1. The highest BCUT2D eigenvalue weighted by molar-refractivity contribution is 4.98. The average molecular weight is 154 g/mol. The first-order valence-corrected chi connectivity index (χ1v) is 4.82. The Labute approximate surface area is 68.7 Å². The quantitative estimate of drug-likeness (QED) is 0.609. The van der Waals surface area contributed by atoms with Crippen LogP contribution in [0, 0.1) is 0 Å². The molecule has 0 radical (unpaired) electrons. The molecule has 2 N–H and O–H groups in total. The molecule has 2 aliphatic rings. The molecule has 0 amide bonds. The van der Waals surface area contributed by atoms with E-state index in [2.05, 4.69) is 4.90 Å². The van der Waals surface area contributed by atoms with Crippen molar-refractivity contribution >= 4 is 0 Å². The molecule has 1 atom stereocenters. The smallest absolute Gasteiger partial charge is 0.0332 e. The van der Waals surface area contributed by atoms with Crippen LogP contribution in [-0.2, 0) is 0 Å². The summed E-state index contributed by atoms with van der Waals surface area (Å²) in [4.78, 5) is 2.62. The van der Waals surface area contributed by atoms with Crippen molar-refractivity contribution < 1.29 is 0 Å². The highest BCUT2D eigenvalue weighted by Gasteiger charge is 2.40. The molecule has 0 bridgehead atoms. The molecule has 0 aromatic carbocycles. The molecular weight excluding hydrogens is 136 g/mol. The van der Waals surface area contributed by atoms with E-state index in [0.717, 1.165) is 6.54 Å². The van der Waals surface area contributed by atoms with Crippen LogP contribution in [0.3, 0.4) is 0 Å². The van der Waals surface area contributed by atoms with Gasteiger partial charge in [0.25, 0.3) is 0 Å². The van der Waals surface area contributed by atoms with Gasteiger partial charge in [0.2, 0.25) is 0 Å². The molecule has 2 aliphatic heterocycles. The summed E-state index contributed by atoms with van der Waals surface area (Å²) in [5.41, 5.74) is 6.28. The van der Waals surface area contributed by atoms with Gasteiger partial charge in [-0.3, -0.25) is 4.90 Å². The van der Waals surface area contributed by atoms with Gasteiger partial charge < -0.3 is 5.73 Å². The zero-order valence-corrected chi connectivity index (χ0v) is 7.18. The van der Waals surface area contributed by atoms with Crippen molar-refractivity contribution in [3.8, 4) is 0 Å². The van der Waals surface area contributed by atoms with E-state index in [1.54, 1.807) is 0 Å². The molecule has 0 aliphatic carbocycles. The van der Waals surface area contributed by atoms with E-state index in [4.69, 9.17) is 5.73 Å². The van der Waals surface area contributed by atoms with Crippen molar-refractivity contribution in [2.45, 2.75) is 37.6 Å². The second-order valence-corrected chi connectivity index (χ2v) is 3.98. The van der Waals surface area contributed by atoms with Crippen molar-refractivity contribution in [3.63, 3.8) is 0 Å². The van der Waals surface area contributed by atoms with Crippen LogP contribution in [0.15, 0.2) is 0 Å². The molecule has 2 heterocycles. The molecule has 11 heavy (non-hydrogen) atoms. The lowest BCUT2D eigenvalue weighted by Crippen LogP contribution is -2.52. The first-order valence-electron chi connectivity index (χ1n) is 4.82. The molecule has 0 aromatic heterocycles. The lowest BCUT2D eigenvalue weighted by molar-refractivity contribution is 0.0977. The first kappa shape index (κ1) is 7.56. The molecule has 2 saturated heterocycles. The number of rotatable bonds is 1. The van der Waals surface area contributed by atoms with E-state index in [0.29, 0.717) is 5.54 Å². The number of hydrogen-bond donors (Lipinski definition) is 1. The summed E-state index contributed by atoms with van der Waals surface area (Å²) < 4.78 is 0. The maximum Gasteiger partial charge on any atom is 0.0332 e. The van der Waals surface area contributed by atoms with Gasteiger partial charge >= 0.3 is 0 Å². The normalized spacial score (nSPS) is 39.0. The molecule has 0 spiro atoms. The Balaban J connectivity index is 2.12. The van der Waals surface area contributed by atoms with E-state index in [-0.39, 0.29) is 0 Å². The number of piperidine rings is 1. The average Bonchev–Trinajstić information content (AvgIpc) is 2.48. The lowest BCUT2D eigenvalue weighted by atomic mass is 9.87. The van der Waals surface area contributed by atoms with Crippen LogP contribution in [0.1, 0.15) is 32.1 Å². The Morgan fingerprint density at radius 1 is 1.09 bits per heavy atom. The maximum atomic E-state index is 5.84. The predicted octanol–water partition coefficient (Wildman–Crippen LogP) is 0.964. The molecule has 2 rings (SSSR count). The molecule has 64 valence electrons. The van der Waals surface area contributed by atoms with Gasteiger partial charge in [-0.1, -0.05) is 6.42 Å². The van der Waals surface area contributed by atoms with Gasteiger partial charge in [0, 0.05) is 12.1 Å². The second kappa shape index (κ2) is 2.76. The van der Waals surface area contributed by atoms with Gasteiger partial charge in [-0.2, -0.15) is 0 Å². The van der Waals surface area contributed by atoms with Crippen molar-refractivity contribution in [3.05, 3.63) is 0 Å². The first-order chi connectivity index (χ1) is 5.37.